The number of carboxylic acid groups (broad SMARTS) is 1. The molecule has 2 heterocycles. The van der Waals surface area contributed by atoms with Crippen LogP contribution in [0.4, 0.5) is 0 Å². The quantitative estimate of drug-likeness (QED) is 0.581. The minimum atomic E-state index is -1.05. The average Bonchev–Trinajstić information content (AvgIpc) is 2.55. The normalized spacial score (nSPS) is 17.9. The van der Waals surface area contributed by atoms with E-state index in [-0.39, 0.29) is 6.42 Å². The molecule has 1 fully saturated rings. The van der Waals surface area contributed by atoms with Crippen LogP contribution >= 0.6 is 11.9 Å². The third-order valence-electron chi connectivity index (χ3n) is 4.01. The van der Waals surface area contributed by atoms with E-state index in [9.17, 15) is 9.59 Å². The van der Waals surface area contributed by atoms with Gasteiger partial charge in [0, 0.05) is 31.4 Å². The summed E-state index contributed by atoms with van der Waals surface area (Å²) in [4.78, 5) is 25.8. The van der Waals surface area contributed by atoms with Crippen LogP contribution in [0, 0.1) is 0 Å². The van der Waals surface area contributed by atoms with Gasteiger partial charge in [-0.25, -0.2) is 4.79 Å². The zero-order chi connectivity index (χ0) is 15.9. The van der Waals surface area contributed by atoms with E-state index in [1.54, 1.807) is 11.9 Å². The number of carbonyl (C=O) groups is 2. The van der Waals surface area contributed by atoms with Crippen LogP contribution in [0.5, 0.6) is 0 Å². The Hall–Kier alpha value is -1.60. The van der Waals surface area contributed by atoms with Crippen molar-refractivity contribution in [2.75, 3.05) is 19.3 Å². The van der Waals surface area contributed by atoms with Gasteiger partial charge in [0.1, 0.15) is 6.04 Å². The molecule has 0 spiro atoms. The Morgan fingerprint density at radius 1 is 1.55 bits per heavy atom. The molecule has 1 aliphatic heterocycles. The van der Waals surface area contributed by atoms with Crippen LogP contribution in [-0.2, 0) is 16.0 Å². The van der Waals surface area contributed by atoms with Crippen LogP contribution in [0.1, 0.15) is 30.0 Å². The summed E-state index contributed by atoms with van der Waals surface area (Å²) < 4.78 is 2.36. The lowest BCUT2D eigenvalue weighted by atomic mass is 9.91. The van der Waals surface area contributed by atoms with Crippen molar-refractivity contribution in [1.82, 2.24) is 14.6 Å². The lowest BCUT2D eigenvalue weighted by molar-refractivity contribution is -0.140. The van der Waals surface area contributed by atoms with Gasteiger partial charge in [0.25, 0.3) is 0 Å². The number of hydrogen-bond acceptors (Lipinski definition) is 5. The van der Waals surface area contributed by atoms with Crippen molar-refractivity contribution in [3.05, 3.63) is 29.6 Å². The second-order valence-corrected chi connectivity index (χ2v) is 6.23. The molecule has 2 N–H and O–H groups in total. The largest absolute Gasteiger partial charge is 0.480 e. The molecule has 120 valence electrons. The molecule has 1 amide bonds. The molecule has 0 aromatic carbocycles. The second-order valence-electron chi connectivity index (χ2n) is 5.35. The number of rotatable bonds is 7. The van der Waals surface area contributed by atoms with Gasteiger partial charge in [0.05, 0.1) is 0 Å². The number of amides is 1. The first-order valence-electron chi connectivity index (χ1n) is 7.30. The summed E-state index contributed by atoms with van der Waals surface area (Å²) in [7, 11) is 0. The maximum atomic E-state index is 11.0. The number of nitrogens with zero attached hydrogens (tertiary/aromatic N) is 2. The van der Waals surface area contributed by atoms with E-state index < -0.39 is 12.0 Å². The topological polar surface area (TPSA) is 82.5 Å². The molecule has 0 aliphatic carbocycles. The highest BCUT2D eigenvalue weighted by Gasteiger charge is 2.21. The first-order chi connectivity index (χ1) is 10.6. The SMILES string of the molecule is CSN1CCC(c2ccc(CC(NC=O)C(=O)O)nc2)CC1. The van der Waals surface area contributed by atoms with Crippen LogP contribution in [-0.4, -0.2) is 52.2 Å². The monoisotopic (exact) mass is 323 g/mol. The predicted octanol–water partition coefficient (Wildman–Crippen LogP) is 1.28. The molecule has 1 aromatic rings. The zero-order valence-electron chi connectivity index (χ0n) is 12.6. The summed E-state index contributed by atoms with van der Waals surface area (Å²) in [6, 6.07) is 2.96. The molecule has 7 heteroatoms. The molecule has 0 radical (unpaired) electrons. The van der Waals surface area contributed by atoms with Crippen molar-refractivity contribution >= 4 is 24.3 Å². The van der Waals surface area contributed by atoms with E-state index in [1.807, 2.05) is 18.3 Å². The average molecular weight is 323 g/mol. The fourth-order valence-corrected chi connectivity index (χ4v) is 3.25. The van der Waals surface area contributed by atoms with E-state index in [0.29, 0.717) is 18.0 Å². The Morgan fingerprint density at radius 2 is 2.27 bits per heavy atom. The van der Waals surface area contributed by atoms with E-state index in [2.05, 4.69) is 20.9 Å². The number of carbonyl (C=O) groups excluding carboxylic acids is 1. The first-order valence-corrected chi connectivity index (χ1v) is 8.48. The summed E-state index contributed by atoms with van der Waals surface area (Å²) >= 11 is 1.79. The van der Waals surface area contributed by atoms with Gasteiger partial charge >= 0.3 is 5.97 Å². The molecular weight excluding hydrogens is 302 g/mol. The van der Waals surface area contributed by atoms with Gasteiger partial charge in [-0.2, -0.15) is 0 Å². The Labute approximate surface area is 134 Å². The summed E-state index contributed by atoms with van der Waals surface area (Å²) in [5.74, 6) is -0.532. The molecule has 1 aliphatic rings. The first kappa shape index (κ1) is 16.8. The van der Waals surface area contributed by atoms with Crippen molar-refractivity contribution < 1.29 is 14.7 Å². The van der Waals surface area contributed by atoms with Gasteiger partial charge in [-0.3, -0.25) is 14.1 Å². The van der Waals surface area contributed by atoms with E-state index >= 15 is 0 Å². The van der Waals surface area contributed by atoms with Crippen molar-refractivity contribution in [2.45, 2.75) is 31.2 Å². The maximum absolute atomic E-state index is 11.0. The van der Waals surface area contributed by atoms with Crippen molar-refractivity contribution in [3.8, 4) is 0 Å². The minimum absolute atomic E-state index is 0.194. The van der Waals surface area contributed by atoms with Gasteiger partial charge in [-0.05, 0) is 36.6 Å². The van der Waals surface area contributed by atoms with E-state index in [4.69, 9.17) is 5.11 Å². The van der Waals surface area contributed by atoms with Crippen molar-refractivity contribution in [3.63, 3.8) is 0 Å². The number of piperidine rings is 1. The van der Waals surface area contributed by atoms with Gasteiger partial charge in [0.2, 0.25) is 6.41 Å². The summed E-state index contributed by atoms with van der Waals surface area (Å²) in [6.07, 6.45) is 6.78. The Kier molecular flexibility index (Phi) is 6.21. The number of aliphatic carboxylic acids is 1. The van der Waals surface area contributed by atoms with Gasteiger partial charge < -0.3 is 10.4 Å². The highest BCUT2D eigenvalue weighted by atomic mass is 32.2. The van der Waals surface area contributed by atoms with Crippen LogP contribution in [0.2, 0.25) is 0 Å². The smallest absolute Gasteiger partial charge is 0.326 e. The zero-order valence-corrected chi connectivity index (χ0v) is 13.4. The van der Waals surface area contributed by atoms with Crippen molar-refractivity contribution in [1.29, 1.82) is 0 Å². The molecule has 0 saturated carbocycles. The summed E-state index contributed by atoms with van der Waals surface area (Å²) in [5, 5.41) is 11.3. The lowest BCUT2D eigenvalue weighted by Crippen LogP contribution is -2.37. The summed E-state index contributed by atoms with van der Waals surface area (Å²) in [6.45, 7) is 2.16. The third-order valence-corrected chi connectivity index (χ3v) is 4.89. The summed E-state index contributed by atoms with van der Waals surface area (Å²) in [5.41, 5.74) is 1.88. The van der Waals surface area contributed by atoms with Gasteiger partial charge in [0.15, 0.2) is 0 Å². The van der Waals surface area contributed by atoms with E-state index in [0.717, 1.165) is 25.9 Å². The maximum Gasteiger partial charge on any atom is 0.326 e. The number of carboxylic acids is 1. The van der Waals surface area contributed by atoms with Crippen LogP contribution < -0.4 is 5.32 Å². The molecule has 2 rings (SSSR count). The number of aromatic nitrogens is 1. The lowest BCUT2D eigenvalue weighted by Gasteiger charge is -2.30. The molecule has 1 atom stereocenters. The highest BCUT2D eigenvalue weighted by molar-refractivity contribution is 7.96. The van der Waals surface area contributed by atoms with Crippen LogP contribution in [0.3, 0.4) is 0 Å². The third kappa shape index (κ3) is 4.45. The predicted molar refractivity (Wildman–Crippen MR) is 85.6 cm³/mol. The molecule has 1 saturated heterocycles. The minimum Gasteiger partial charge on any atom is -0.480 e. The standard InChI is InChI=1S/C15H21N3O3S/c1-22-18-6-4-11(5-7-18)12-2-3-13(16-9-12)8-14(15(20)21)17-10-19/h2-3,9-11,14H,4-8H2,1H3,(H,17,19)(H,20,21). The highest BCUT2D eigenvalue weighted by Crippen LogP contribution is 2.29. The van der Waals surface area contributed by atoms with Crippen molar-refractivity contribution in [2.24, 2.45) is 0 Å². The fraction of sp³-hybridized carbons (Fsp3) is 0.533. The fourth-order valence-electron chi connectivity index (χ4n) is 2.68. The van der Waals surface area contributed by atoms with Gasteiger partial charge in [-0.15, -0.1) is 0 Å². The molecular formula is C15H21N3O3S. The number of nitrogens with one attached hydrogen (secondary N) is 1. The molecule has 1 aromatic heterocycles. The number of pyridine rings is 1. The van der Waals surface area contributed by atoms with E-state index in [1.165, 1.54) is 5.56 Å². The molecule has 22 heavy (non-hydrogen) atoms. The Morgan fingerprint density at radius 3 is 2.77 bits per heavy atom. The second kappa shape index (κ2) is 8.14. The van der Waals surface area contributed by atoms with Crippen LogP contribution in [0.25, 0.3) is 0 Å². The molecule has 1 unspecified atom stereocenters. The Balaban J connectivity index is 1.95. The molecule has 0 bridgehead atoms. The molecule has 6 nitrogen and oxygen atoms in total. The van der Waals surface area contributed by atoms with Crippen LogP contribution in [0.15, 0.2) is 18.3 Å². The van der Waals surface area contributed by atoms with Gasteiger partial charge in [-0.1, -0.05) is 18.0 Å². The number of hydrogen-bond donors (Lipinski definition) is 2. The Bertz CT molecular complexity index is 501.